The Morgan fingerprint density at radius 1 is 1.03 bits per heavy atom. The summed E-state index contributed by atoms with van der Waals surface area (Å²) >= 11 is 0. The second kappa shape index (κ2) is 11.2. The van der Waals surface area contributed by atoms with Gasteiger partial charge in [-0.3, -0.25) is 0 Å². The molecule has 0 unspecified atom stereocenters. The van der Waals surface area contributed by atoms with Crippen molar-refractivity contribution >= 4 is 5.97 Å². The highest BCUT2D eigenvalue weighted by molar-refractivity contribution is 5.89. The molecule has 0 atom stereocenters. The number of hydrogen-bond acceptors (Lipinski definition) is 2. The molecule has 2 fully saturated rings. The van der Waals surface area contributed by atoms with Crippen LogP contribution in [-0.4, -0.2) is 12.1 Å². The summed E-state index contributed by atoms with van der Waals surface area (Å²) in [5.41, 5.74) is 1.80. The van der Waals surface area contributed by atoms with E-state index >= 15 is 0 Å². The van der Waals surface area contributed by atoms with Gasteiger partial charge in [0.25, 0.3) is 0 Å². The molecule has 0 heterocycles. The van der Waals surface area contributed by atoms with Gasteiger partial charge in [0.1, 0.15) is 6.10 Å². The summed E-state index contributed by atoms with van der Waals surface area (Å²) in [7, 11) is 0. The highest BCUT2D eigenvalue weighted by Gasteiger charge is 2.23. The van der Waals surface area contributed by atoms with Gasteiger partial charge in [-0.2, -0.15) is 0 Å². The lowest BCUT2D eigenvalue weighted by Gasteiger charge is -2.26. The van der Waals surface area contributed by atoms with Gasteiger partial charge in [0.05, 0.1) is 5.56 Å². The number of allylic oxidation sites excluding steroid dienone is 2. The third kappa shape index (κ3) is 7.07. The van der Waals surface area contributed by atoms with Crippen LogP contribution in [0.25, 0.3) is 0 Å². The molecule has 0 aromatic heterocycles. The van der Waals surface area contributed by atoms with E-state index in [4.69, 9.17) is 4.74 Å². The summed E-state index contributed by atoms with van der Waals surface area (Å²) in [6.45, 7) is 4.31. The van der Waals surface area contributed by atoms with Gasteiger partial charge in [0.2, 0.25) is 0 Å². The van der Waals surface area contributed by atoms with Crippen LogP contribution < -0.4 is 0 Å². The molecule has 2 saturated carbocycles. The lowest BCUT2D eigenvalue weighted by Crippen LogP contribution is -2.24. The van der Waals surface area contributed by atoms with Crippen LogP contribution in [0.15, 0.2) is 36.4 Å². The number of benzene rings is 1. The Kier molecular flexibility index (Phi) is 8.41. The summed E-state index contributed by atoms with van der Waals surface area (Å²) in [5.74, 6) is 8.65. The van der Waals surface area contributed by atoms with E-state index < -0.39 is 0 Å². The van der Waals surface area contributed by atoms with Crippen molar-refractivity contribution in [2.45, 2.75) is 84.2 Å². The molecule has 2 aliphatic rings. The fraction of sp³-hybridized carbons (Fsp3) is 0.593. The van der Waals surface area contributed by atoms with Gasteiger partial charge in [-0.15, -0.1) is 0 Å². The van der Waals surface area contributed by atoms with E-state index in [0.29, 0.717) is 11.5 Å². The second-order valence-corrected chi connectivity index (χ2v) is 8.96. The molecular weight excluding hydrogens is 356 g/mol. The van der Waals surface area contributed by atoms with Gasteiger partial charge in [0, 0.05) is 5.92 Å². The zero-order chi connectivity index (χ0) is 20.5. The average Bonchev–Trinajstić information content (AvgIpc) is 2.74. The minimum Gasteiger partial charge on any atom is -0.459 e. The lowest BCUT2D eigenvalue weighted by molar-refractivity contribution is 0.0188. The molecule has 0 aliphatic heterocycles. The van der Waals surface area contributed by atoms with E-state index in [2.05, 4.69) is 30.9 Å². The first kappa shape index (κ1) is 21.7. The third-order valence-corrected chi connectivity index (χ3v) is 6.56. The fourth-order valence-corrected chi connectivity index (χ4v) is 4.66. The molecule has 29 heavy (non-hydrogen) atoms. The number of hydrogen-bond donors (Lipinski definition) is 0. The predicted octanol–water partition coefficient (Wildman–Crippen LogP) is 6.88. The third-order valence-electron chi connectivity index (χ3n) is 6.56. The van der Waals surface area contributed by atoms with E-state index in [-0.39, 0.29) is 12.1 Å². The molecule has 0 spiro atoms. The molecule has 0 amide bonds. The quantitative estimate of drug-likeness (QED) is 0.403. The number of carbonyl (C=O) groups excluding carboxylic acids is 1. The Labute approximate surface area is 177 Å². The topological polar surface area (TPSA) is 26.3 Å². The van der Waals surface area contributed by atoms with Crippen LogP contribution in [0.2, 0.25) is 0 Å². The summed E-state index contributed by atoms with van der Waals surface area (Å²) in [5, 5.41) is 0. The molecule has 3 rings (SSSR count). The van der Waals surface area contributed by atoms with Gasteiger partial charge < -0.3 is 4.74 Å². The maximum Gasteiger partial charge on any atom is 0.338 e. The summed E-state index contributed by atoms with van der Waals surface area (Å²) in [4.78, 5) is 12.3. The van der Waals surface area contributed by atoms with E-state index in [1.807, 2.05) is 31.2 Å². The van der Waals surface area contributed by atoms with Crippen molar-refractivity contribution < 1.29 is 9.53 Å². The maximum atomic E-state index is 12.3. The van der Waals surface area contributed by atoms with Gasteiger partial charge >= 0.3 is 5.97 Å². The highest BCUT2D eigenvalue weighted by Crippen LogP contribution is 2.32. The Balaban J connectivity index is 1.36. The van der Waals surface area contributed by atoms with Crippen LogP contribution in [0.4, 0.5) is 0 Å². The molecule has 2 nitrogen and oxygen atoms in total. The summed E-state index contributed by atoms with van der Waals surface area (Å²) < 4.78 is 5.70. The number of aryl methyl sites for hydroxylation is 1. The maximum absolute atomic E-state index is 12.3. The standard InChI is InChI=1S/C27H36O2/c1-3-6-22-11-13-23(14-12-22)7-4-5-8-24-15-19-26(20-16-24)29-27(28)25-17-9-21(2)10-18-25/h4,7,9-10,17-18,22-24,26H,3,6,11-16,19-20H2,1-2H3/b7-4+/t22-,23-,24-,26-. The van der Waals surface area contributed by atoms with E-state index in [0.717, 1.165) is 43.1 Å². The molecule has 0 saturated heterocycles. The Hall–Kier alpha value is -2.01. The van der Waals surface area contributed by atoms with Crippen molar-refractivity contribution in [2.24, 2.45) is 17.8 Å². The number of ether oxygens (including phenoxy) is 1. The minimum absolute atomic E-state index is 0.0377. The van der Waals surface area contributed by atoms with Crippen molar-refractivity contribution in [3.63, 3.8) is 0 Å². The lowest BCUT2D eigenvalue weighted by atomic mass is 9.80. The molecule has 0 bridgehead atoms. The smallest absolute Gasteiger partial charge is 0.338 e. The number of carbonyl (C=O) groups is 1. The zero-order valence-electron chi connectivity index (χ0n) is 18.2. The Morgan fingerprint density at radius 2 is 1.72 bits per heavy atom. The molecule has 1 aromatic carbocycles. The first-order valence-corrected chi connectivity index (χ1v) is 11.6. The summed E-state index contributed by atoms with van der Waals surface area (Å²) in [6.07, 6.45) is 16.5. The van der Waals surface area contributed by atoms with Gasteiger partial charge in [-0.25, -0.2) is 4.79 Å². The monoisotopic (exact) mass is 392 g/mol. The predicted molar refractivity (Wildman–Crippen MR) is 120 cm³/mol. The van der Waals surface area contributed by atoms with E-state index in [9.17, 15) is 4.79 Å². The van der Waals surface area contributed by atoms with Crippen LogP contribution in [0.3, 0.4) is 0 Å². The first-order valence-electron chi connectivity index (χ1n) is 11.6. The van der Waals surface area contributed by atoms with Gasteiger partial charge in [-0.05, 0) is 88.3 Å². The number of esters is 1. The molecule has 1 aromatic rings. The van der Waals surface area contributed by atoms with Crippen LogP contribution in [0.5, 0.6) is 0 Å². The van der Waals surface area contributed by atoms with E-state index in [1.165, 1.54) is 38.5 Å². The van der Waals surface area contributed by atoms with Crippen LogP contribution in [0, 0.1) is 36.5 Å². The summed E-state index contributed by atoms with van der Waals surface area (Å²) in [6, 6.07) is 7.59. The van der Waals surface area contributed by atoms with Crippen LogP contribution >= 0.6 is 0 Å². The molecular formula is C27H36O2. The SMILES string of the molecule is CCC[C@H]1CC[C@H](/C=C/C#C[C@H]2CC[C@H](OC(=O)c3ccc(C)cc3)CC2)CC1. The molecule has 156 valence electrons. The van der Waals surface area contributed by atoms with Crippen molar-refractivity contribution in [3.8, 4) is 11.8 Å². The Morgan fingerprint density at radius 3 is 2.38 bits per heavy atom. The molecule has 0 N–H and O–H groups in total. The largest absolute Gasteiger partial charge is 0.459 e. The van der Waals surface area contributed by atoms with Crippen molar-refractivity contribution in [2.75, 3.05) is 0 Å². The molecule has 0 radical (unpaired) electrons. The normalized spacial score (nSPS) is 27.2. The highest BCUT2D eigenvalue weighted by atomic mass is 16.5. The van der Waals surface area contributed by atoms with E-state index in [1.54, 1.807) is 0 Å². The van der Waals surface area contributed by atoms with Gasteiger partial charge in [-0.1, -0.05) is 55.4 Å². The van der Waals surface area contributed by atoms with Crippen molar-refractivity contribution in [1.29, 1.82) is 0 Å². The molecule has 2 heteroatoms. The van der Waals surface area contributed by atoms with Gasteiger partial charge in [0.15, 0.2) is 0 Å². The Bertz CT molecular complexity index is 718. The van der Waals surface area contributed by atoms with Crippen molar-refractivity contribution in [3.05, 3.63) is 47.5 Å². The zero-order valence-corrected chi connectivity index (χ0v) is 18.2. The van der Waals surface area contributed by atoms with Crippen LogP contribution in [-0.2, 0) is 4.74 Å². The first-order chi connectivity index (χ1) is 14.1. The fourth-order valence-electron chi connectivity index (χ4n) is 4.66. The molecule has 2 aliphatic carbocycles. The van der Waals surface area contributed by atoms with Crippen LogP contribution in [0.1, 0.15) is 87.1 Å². The second-order valence-electron chi connectivity index (χ2n) is 8.96. The number of rotatable bonds is 5. The van der Waals surface area contributed by atoms with Crippen molar-refractivity contribution in [1.82, 2.24) is 0 Å². The minimum atomic E-state index is -0.198. The average molecular weight is 393 g/mol.